The summed E-state index contributed by atoms with van der Waals surface area (Å²) in [5.74, 6) is -0.230. The fraction of sp³-hybridized carbons (Fsp3) is 0.200. The summed E-state index contributed by atoms with van der Waals surface area (Å²) >= 11 is 6.99. The van der Waals surface area contributed by atoms with Crippen LogP contribution in [-0.4, -0.2) is 0 Å². The zero-order valence-electron chi connectivity index (χ0n) is 10.1. The third-order valence-electron chi connectivity index (χ3n) is 3.47. The molecule has 0 fully saturated rings. The lowest BCUT2D eigenvalue weighted by Crippen LogP contribution is -2.07. The van der Waals surface area contributed by atoms with Crippen molar-refractivity contribution < 1.29 is 4.39 Å². The van der Waals surface area contributed by atoms with Gasteiger partial charge in [0.15, 0.2) is 0 Å². The van der Waals surface area contributed by atoms with Crippen LogP contribution in [-0.2, 0) is 6.42 Å². The standard InChI is InChI=1S/C15H12Br2FN/c16-12-3-1-2-11-10(12)5-7-14(11)19-15-6-4-9(18)8-13(15)17/h1-4,6,8,14,19H,5,7H2. The zero-order chi connectivity index (χ0) is 13.4. The predicted molar refractivity (Wildman–Crippen MR) is 82.9 cm³/mol. The second-order valence-corrected chi connectivity index (χ2v) is 6.38. The van der Waals surface area contributed by atoms with Crippen LogP contribution in [0.4, 0.5) is 10.1 Å². The molecule has 0 saturated carbocycles. The van der Waals surface area contributed by atoms with Gasteiger partial charge >= 0.3 is 0 Å². The van der Waals surface area contributed by atoms with E-state index in [0.717, 1.165) is 23.0 Å². The van der Waals surface area contributed by atoms with Crippen molar-refractivity contribution in [2.45, 2.75) is 18.9 Å². The Morgan fingerprint density at radius 1 is 1.11 bits per heavy atom. The lowest BCUT2D eigenvalue weighted by molar-refractivity contribution is 0.627. The molecule has 0 heterocycles. The Balaban J connectivity index is 1.89. The third-order valence-corrected chi connectivity index (χ3v) is 4.87. The summed E-state index contributed by atoms with van der Waals surface area (Å²) in [7, 11) is 0. The number of hydrogen-bond acceptors (Lipinski definition) is 1. The summed E-state index contributed by atoms with van der Waals surface area (Å²) in [4.78, 5) is 0. The molecule has 1 N–H and O–H groups in total. The van der Waals surface area contributed by atoms with Gasteiger partial charge in [-0.15, -0.1) is 0 Å². The van der Waals surface area contributed by atoms with Crippen molar-refractivity contribution in [1.82, 2.24) is 0 Å². The topological polar surface area (TPSA) is 12.0 Å². The molecule has 1 aliphatic carbocycles. The van der Waals surface area contributed by atoms with E-state index >= 15 is 0 Å². The number of rotatable bonds is 2. The highest BCUT2D eigenvalue weighted by atomic mass is 79.9. The van der Waals surface area contributed by atoms with Crippen molar-refractivity contribution in [3.63, 3.8) is 0 Å². The van der Waals surface area contributed by atoms with Crippen LogP contribution in [0.15, 0.2) is 45.3 Å². The number of fused-ring (bicyclic) bond motifs is 1. The van der Waals surface area contributed by atoms with Gasteiger partial charge < -0.3 is 5.32 Å². The van der Waals surface area contributed by atoms with Crippen molar-refractivity contribution in [2.24, 2.45) is 0 Å². The highest BCUT2D eigenvalue weighted by Gasteiger charge is 2.24. The lowest BCUT2D eigenvalue weighted by atomic mass is 10.1. The molecule has 1 aliphatic rings. The smallest absolute Gasteiger partial charge is 0.124 e. The van der Waals surface area contributed by atoms with Gasteiger partial charge in [0, 0.05) is 14.6 Å². The average Bonchev–Trinajstić information content (AvgIpc) is 2.78. The second kappa shape index (κ2) is 5.25. The molecular formula is C15H12Br2FN. The van der Waals surface area contributed by atoms with E-state index in [1.54, 1.807) is 6.07 Å². The first-order chi connectivity index (χ1) is 9.15. The van der Waals surface area contributed by atoms with E-state index in [1.165, 1.54) is 27.7 Å². The van der Waals surface area contributed by atoms with Gasteiger partial charge in [-0.05, 0) is 64.2 Å². The summed E-state index contributed by atoms with van der Waals surface area (Å²) in [6, 6.07) is 11.3. The molecule has 0 spiro atoms. The largest absolute Gasteiger partial charge is 0.377 e. The second-order valence-electron chi connectivity index (χ2n) is 4.67. The van der Waals surface area contributed by atoms with Crippen LogP contribution in [0.5, 0.6) is 0 Å². The van der Waals surface area contributed by atoms with Crippen LogP contribution in [0.1, 0.15) is 23.6 Å². The normalized spacial score (nSPS) is 17.3. The molecule has 1 nitrogen and oxygen atoms in total. The van der Waals surface area contributed by atoms with Crippen molar-refractivity contribution in [2.75, 3.05) is 5.32 Å². The SMILES string of the molecule is Fc1ccc(NC2CCc3c(Br)cccc32)c(Br)c1. The minimum Gasteiger partial charge on any atom is -0.377 e. The summed E-state index contributed by atoms with van der Waals surface area (Å²) in [5, 5.41) is 3.49. The van der Waals surface area contributed by atoms with E-state index in [9.17, 15) is 4.39 Å². The Hall–Kier alpha value is -0.870. The van der Waals surface area contributed by atoms with Gasteiger partial charge in [0.05, 0.1) is 6.04 Å². The van der Waals surface area contributed by atoms with Crippen LogP contribution in [0.25, 0.3) is 0 Å². The first-order valence-corrected chi connectivity index (χ1v) is 7.72. The molecule has 19 heavy (non-hydrogen) atoms. The van der Waals surface area contributed by atoms with Gasteiger partial charge in [-0.1, -0.05) is 28.1 Å². The van der Waals surface area contributed by atoms with E-state index < -0.39 is 0 Å². The predicted octanol–water partition coefficient (Wildman–Crippen LogP) is 5.45. The fourth-order valence-corrected chi connectivity index (χ4v) is 3.60. The van der Waals surface area contributed by atoms with Crippen LogP contribution in [0.3, 0.4) is 0 Å². The Kier molecular flexibility index (Phi) is 3.63. The fourth-order valence-electron chi connectivity index (χ4n) is 2.55. The first kappa shape index (κ1) is 13.1. The number of anilines is 1. The number of halogens is 3. The monoisotopic (exact) mass is 383 g/mol. The molecule has 98 valence electrons. The molecule has 2 aromatic rings. The summed E-state index contributed by atoms with van der Waals surface area (Å²) in [5.41, 5.74) is 3.63. The van der Waals surface area contributed by atoms with Gasteiger partial charge in [0.25, 0.3) is 0 Å². The van der Waals surface area contributed by atoms with E-state index in [0.29, 0.717) is 0 Å². The summed E-state index contributed by atoms with van der Waals surface area (Å²) in [6.07, 6.45) is 2.12. The average molecular weight is 385 g/mol. The van der Waals surface area contributed by atoms with Gasteiger partial charge in [-0.25, -0.2) is 4.39 Å². The molecule has 0 aromatic heterocycles. The van der Waals surface area contributed by atoms with Crippen molar-refractivity contribution in [3.05, 3.63) is 62.3 Å². The molecular weight excluding hydrogens is 373 g/mol. The van der Waals surface area contributed by atoms with Crippen LogP contribution < -0.4 is 5.32 Å². The van der Waals surface area contributed by atoms with E-state index in [4.69, 9.17) is 0 Å². The summed E-state index contributed by atoms with van der Waals surface area (Å²) < 4.78 is 15.0. The Bertz CT molecular complexity index is 628. The van der Waals surface area contributed by atoms with Crippen molar-refractivity contribution >= 4 is 37.5 Å². The highest BCUT2D eigenvalue weighted by molar-refractivity contribution is 9.10. The molecule has 0 aliphatic heterocycles. The minimum absolute atomic E-state index is 0.230. The van der Waals surface area contributed by atoms with Gasteiger partial charge in [0.2, 0.25) is 0 Å². The number of nitrogens with one attached hydrogen (secondary N) is 1. The number of hydrogen-bond donors (Lipinski definition) is 1. The quantitative estimate of drug-likeness (QED) is 0.725. The highest BCUT2D eigenvalue weighted by Crippen LogP contribution is 2.38. The van der Waals surface area contributed by atoms with Crippen molar-refractivity contribution in [3.8, 4) is 0 Å². The van der Waals surface area contributed by atoms with Gasteiger partial charge in [0.1, 0.15) is 5.82 Å². The van der Waals surface area contributed by atoms with Gasteiger partial charge in [-0.3, -0.25) is 0 Å². The maximum absolute atomic E-state index is 13.1. The lowest BCUT2D eigenvalue weighted by Gasteiger charge is -2.17. The molecule has 1 unspecified atom stereocenters. The third kappa shape index (κ3) is 2.56. The molecule has 4 heteroatoms. The van der Waals surface area contributed by atoms with E-state index in [-0.39, 0.29) is 11.9 Å². The van der Waals surface area contributed by atoms with Crippen LogP contribution >= 0.6 is 31.9 Å². The molecule has 3 rings (SSSR count). The molecule has 2 aromatic carbocycles. The van der Waals surface area contributed by atoms with E-state index in [2.05, 4.69) is 55.4 Å². The molecule has 0 radical (unpaired) electrons. The maximum atomic E-state index is 13.1. The van der Waals surface area contributed by atoms with Crippen LogP contribution in [0, 0.1) is 5.82 Å². The Morgan fingerprint density at radius 2 is 1.95 bits per heavy atom. The minimum atomic E-state index is -0.230. The van der Waals surface area contributed by atoms with Crippen molar-refractivity contribution in [1.29, 1.82) is 0 Å². The van der Waals surface area contributed by atoms with Gasteiger partial charge in [-0.2, -0.15) is 0 Å². The maximum Gasteiger partial charge on any atom is 0.124 e. The van der Waals surface area contributed by atoms with Crippen LogP contribution in [0.2, 0.25) is 0 Å². The molecule has 0 amide bonds. The zero-order valence-corrected chi connectivity index (χ0v) is 13.3. The Labute approximate surface area is 128 Å². The summed E-state index contributed by atoms with van der Waals surface area (Å²) in [6.45, 7) is 0. The molecule has 0 bridgehead atoms. The molecule has 0 saturated heterocycles. The number of benzene rings is 2. The Morgan fingerprint density at radius 3 is 2.74 bits per heavy atom. The van der Waals surface area contributed by atoms with E-state index in [1.807, 2.05) is 0 Å². The molecule has 1 atom stereocenters. The first-order valence-electron chi connectivity index (χ1n) is 6.14.